The standard InChI is InChI=1S/C19H21N3O3S2/c1-3-14-6-8-15(9-7-14)18-13(2)19(22-27(18,24)25)21-12-17(23)20-11-16-5-4-10-26-16/h4-10H,3,11-12H2,1-2H3,(H,20,23)(H,21,22). The quantitative estimate of drug-likeness (QED) is 0.777. The first-order valence-electron chi connectivity index (χ1n) is 8.57. The summed E-state index contributed by atoms with van der Waals surface area (Å²) in [5, 5.41) is 4.71. The Morgan fingerprint density at radius 1 is 1.22 bits per heavy atom. The molecule has 0 unspecified atom stereocenters. The average Bonchev–Trinajstić information content (AvgIpc) is 3.24. The van der Waals surface area contributed by atoms with Gasteiger partial charge in [-0.05, 0) is 35.9 Å². The topological polar surface area (TPSA) is 87.6 Å². The molecule has 0 saturated heterocycles. The number of sulfonamides is 1. The zero-order valence-corrected chi connectivity index (χ0v) is 16.8. The molecule has 0 aliphatic carbocycles. The predicted molar refractivity (Wildman–Crippen MR) is 109 cm³/mol. The van der Waals surface area contributed by atoms with Crippen LogP contribution in [0.1, 0.15) is 29.9 Å². The summed E-state index contributed by atoms with van der Waals surface area (Å²) in [5.41, 5.74) is 2.27. The fraction of sp³-hybridized carbons (Fsp3) is 0.263. The van der Waals surface area contributed by atoms with Gasteiger partial charge in [-0.15, -0.1) is 11.3 Å². The lowest BCUT2D eigenvalue weighted by Crippen LogP contribution is -2.28. The third-order valence-electron chi connectivity index (χ3n) is 4.24. The number of hydrogen-bond acceptors (Lipinski definition) is 5. The van der Waals surface area contributed by atoms with E-state index in [0.717, 1.165) is 16.9 Å². The number of nitrogens with zero attached hydrogens (tertiary/aromatic N) is 1. The van der Waals surface area contributed by atoms with E-state index in [1.165, 1.54) is 0 Å². The molecule has 6 nitrogen and oxygen atoms in total. The number of thiophene rings is 1. The number of hydrogen-bond donors (Lipinski definition) is 2. The van der Waals surface area contributed by atoms with Crippen LogP contribution < -0.4 is 10.0 Å². The van der Waals surface area contributed by atoms with Crippen LogP contribution in [0.2, 0.25) is 0 Å². The van der Waals surface area contributed by atoms with E-state index < -0.39 is 10.0 Å². The Morgan fingerprint density at radius 3 is 2.59 bits per heavy atom. The molecule has 2 heterocycles. The molecule has 142 valence electrons. The maximum Gasteiger partial charge on any atom is 0.264 e. The second-order valence-corrected chi connectivity index (χ2v) is 8.78. The summed E-state index contributed by atoms with van der Waals surface area (Å²) in [6.07, 6.45) is 0.886. The number of benzene rings is 1. The highest BCUT2D eigenvalue weighted by Crippen LogP contribution is 2.29. The smallest absolute Gasteiger partial charge is 0.264 e. The first kappa shape index (κ1) is 19.3. The molecule has 8 heteroatoms. The van der Waals surface area contributed by atoms with Crippen molar-refractivity contribution in [3.05, 3.63) is 63.4 Å². The lowest BCUT2D eigenvalue weighted by molar-refractivity contribution is -0.119. The van der Waals surface area contributed by atoms with E-state index in [0.29, 0.717) is 17.7 Å². The van der Waals surface area contributed by atoms with E-state index in [4.69, 9.17) is 0 Å². The van der Waals surface area contributed by atoms with E-state index >= 15 is 0 Å². The Balaban J connectivity index is 1.74. The Labute approximate surface area is 163 Å². The summed E-state index contributed by atoms with van der Waals surface area (Å²) >= 11 is 1.56. The third kappa shape index (κ3) is 4.45. The molecule has 27 heavy (non-hydrogen) atoms. The van der Waals surface area contributed by atoms with E-state index in [1.54, 1.807) is 30.4 Å². The summed E-state index contributed by atoms with van der Waals surface area (Å²) in [7, 11) is -3.68. The van der Waals surface area contributed by atoms with Gasteiger partial charge in [-0.1, -0.05) is 37.3 Å². The number of amidine groups is 1. The van der Waals surface area contributed by atoms with Gasteiger partial charge in [0.1, 0.15) is 17.3 Å². The van der Waals surface area contributed by atoms with Gasteiger partial charge in [0.2, 0.25) is 5.91 Å². The molecule has 0 spiro atoms. The largest absolute Gasteiger partial charge is 0.350 e. The molecule has 3 rings (SSSR count). The molecule has 0 saturated carbocycles. The molecule has 1 aliphatic rings. The third-order valence-corrected chi connectivity index (χ3v) is 6.66. The number of aliphatic imine (C=N–C) groups is 1. The Kier molecular flexibility index (Phi) is 5.76. The first-order chi connectivity index (χ1) is 12.9. The van der Waals surface area contributed by atoms with Gasteiger partial charge in [0.25, 0.3) is 10.0 Å². The molecular formula is C19H21N3O3S2. The summed E-state index contributed by atoms with van der Waals surface area (Å²) in [6, 6.07) is 11.3. The molecule has 1 aliphatic heterocycles. The first-order valence-corrected chi connectivity index (χ1v) is 10.9. The minimum atomic E-state index is -3.68. The number of carbonyl (C=O) groups excluding carboxylic acids is 1. The van der Waals surface area contributed by atoms with Crippen LogP contribution in [0.3, 0.4) is 0 Å². The van der Waals surface area contributed by atoms with Gasteiger partial charge in [0, 0.05) is 10.5 Å². The highest BCUT2D eigenvalue weighted by molar-refractivity contribution is 8.00. The monoisotopic (exact) mass is 403 g/mol. The second kappa shape index (κ2) is 8.06. The van der Waals surface area contributed by atoms with Crippen molar-refractivity contribution in [2.45, 2.75) is 26.8 Å². The van der Waals surface area contributed by atoms with Crippen molar-refractivity contribution < 1.29 is 13.2 Å². The molecular weight excluding hydrogens is 382 g/mol. The van der Waals surface area contributed by atoms with Crippen LogP contribution in [0, 0.1) is 0 Å². The average molecular weight is 404 g/mol. The molecule has 2 aromatic rings. The van der Waals surface area contributed by atoms with Crippen LogP contribution >= 0.6 is 11.3 Å². The highest BCUT2D eigenvalue weighted by atomic mass is 32.2. The van der Waals surface area contributed by atoms with Crippen LogP contribution in [0.4, 0.5) is 0 Å². The molecule has 0 radical (unpaired) electrons. The zero-order valence-electron chi connectivity index (χ0n) is 15.2. The van der Waals surface area contributed by atoms with Crippen LogP contribution in [0.5, 0.6) is 0 Å². The van der Waals surface area contributed by atoms with Crippen molar-refractivity contribution in [2.24, 2.45) is 4.99 Å². The van der Waals surface area contributed by atoms with Crippen LogP contribution in [-0.4, -0.2) is 26.7 Å². The predicted octanol–water partition coefficient (Wildman–Crippen LogP) is 2.69. The van der Waals surface area contributed by atoms with E-state index in [1.807, 2.05) is 36.6 Å². The summed E-state index contributed by atoms with van der Waals surface area (Å²) in [4.78, 5) is 17.4. The molecule has 0 bridgehead atoms. The fourth-order valence-corrected chi connectivity index (χ4v) is 4.95. The van der Waals surface area contributed by atoms with Gasteiger partial charge in [0.05, 0.1) is 6.54 Å². The van der Waals surface area contributed by atoms with E-state index in [2.05, 4.69) is 15.0 Å². The Hall–Kier alpha value is -2.45. The van der Waals surface area contributed by atoms with Crippen molar-refractivity contribution >= 4 is 38.0 Å². The minimum Gasteiger partial charge on any atom is -0.350 e. The Bertz CT molecular complexity index is 989. The van der Waals surface area contributed by atoms with Crippen LogP contribution in [-0.2, 0) is 27.8 Å². The van der Waals surface area contributed by atoms with Crippen LogP contribution in [0.25, 0.3) is 4.91 Å². The van der Waals surface area contributed by atoms with Gasteiger partial charge >= 0.3 is 0 Å². The van der Waals surface area contributed by atoms with Crippen molar-refractivity contribution in [3.8, 4) is 0 Å². The van der Waals surface area contributed by atoms with Gasteiger partial charge in [0.15, 0.2) is 0 Å². The highest BCUT2D eigenvalue weighted by Gasteiger charge is 2.32. The molecule has 2 N–H and O–H groups in total. The number of aryl methyl sites for hydroxylation is 1. The van der Waals surface area contributed by atoms with Gasteiger partial charge < -0.3 is 5.32 Å². The minimum absolute atomic E-state index is 0.136. The lowest BCUT2D eigenvalue weighted by Gasteiger charge is -2.04. The Morgan fingerprint density at radius 2 is 1.96 bits per heavy atom. The molecule has 1 aromatic heterocycles. The van der Waals surface area contributed by atoms with Gasteiger partial charge in [-0.3, -0.25) is 14.5 Å². The van der Waals surface area contributed by atoms with Crippen molar-refractivity contribution in [2.75, 3.05) is 6.54 Å². The molecule has 0 atom stereocenters. The summed E-state index contributed by atoms with van der Waals surface area (Å²) < 4.78 is 27.5. The van der Waals surface area contributed by atoms with Crippen molar-refractivity contribution in [3.63, 3.8) is 0 Å². The second-order valence-electron chi connectivity index (χ2n) is 6.13. The number of nitrogens with one attached hydrogen (secondary N) is 2. The van der Waals surface area contributed by atoms with Gasteiger partial charge in [-0.25, -0.2) is 8.42 Å². The number of carbonyl (C=O) groups is 1. The lowest BCUT2D eigenvalue weighted by atomic mass is 10.1. The molecule has 0 fully saturated rings. The van der Waals surface area contributed by atoms with E-state index in [-0.39, 0.29) is 23.2 Å². The SMILES string of the molecule is CCc1ccc(C2=C(C)C(=NCC(=O)NCc3cccs3)NS2(=O)=O)cc1. The summed E-state index contributed by atoms with van der Waals surface area (Å²) in [5.74, 6) is -0.0421. The molecule has 1 aromatic carbocycles. The normalized spacial score (nSPS) is 17.2. The summed E-state index contributed by atoms with van der Waals surface area (Å²) in [6.45, 7) is 4.05. The maximum atomic E-state index is 12.5. The van der Waals surface area contributed by atoms with Crippen molar-refractivity contribution in [1.29, 1.82) is 0 Å². The maximum absolute atomic E-state index is 12.5. The fourth-order valence-electron chi connectivity index (χ4n) is 2.78. The molecule has 1 amide bonds. The number of rotatable bonds is 6. The number of amides is 1. The van der Waals surface area contributed by atoms with E-state index in [9.17, 15) is 13.2 Å². The van der Waals surface area contributed by atoms with Gasteiger partial charge in [-0.2, -0.15) is 0 Å². The van der Waals surface area contributed by atoms with Crippen LogP contribution in [0.15, 0.2) is 52.3 Å². The zero-order chi connectivity index (χ0) is 19.4. The van der Waals surface area contributed by atoms with Crippen molar-refractivity contribution in [1.82, 2.24) is 10.0 Å².